The van der Waals surface area contributed by atoms with Crippen molar-refractivity contribution in [3.8, 4) is 0 Å². The molecule has 4 aliphatic rings. The van der Waals surface area contributed by atoms with Gasteiger partial charge in [-0.2, -0.15) is 0 Å². The van der Waals surface area contributed by atoms with E-state index in [9.17, 15) is 15.0 Å². The Hall–Kier alpha value is -1.99. The summed E-state index contributed by atoms with van der Waals surface area (Å²) in [6.45, 7) is 9.15. The molecule has 6 nitrogen and oxygen atoms in total. The first-order valence-corrected chi connectivity index (χ1v) is 14.0. The van der Waals surface area contributed by atoms with Crippen LogP contribution < -0.4 is 5.32 Å². The third kappa shape index (κ3) is 8.78. The first-order valence-electron chi connectivity index (χ1n) is 14.0. The van der Waals surface area contributed by atoms with Gasteiger partial charge in [-0.25, -0.2) is 0 Å². The number of ether oxygens (including phenoxy) is 2. The Balaban J connectivity index is 1.44. The van der Waals surface area contributed by atoms with E-state index in [1.54, 1.807) is 12.2 Å². The highest BCUT2D eigenvalue weighted by molar-refractivity contribution is 5.87. The molecule has 0 aromatic carbocycles. The maximum atomic E-state index is 12.8. The minimum absolute atomic E-state index is 0.0385. The van der Waals surface area contributed by atoms with Gasteiger partial charge in [0.2, 0.25) is 5.91 Å². The Kier molecular flexibility index (Phi) is 9.99. The van der Waals surface area contributed by atoms with Crippen molar-refractivity contribution in [3.05, 3.63) is 60.3 Å². The minimum atomic E-state index is -0.836. The first kappa shape index (κ1) is 28.0. The van der Waals surface area contributed by atoms with Gasteiger partial charge in [-0.05, 0) is 82.1 Å². The van der Waals surface area contributed by atoms with E-state index in [0.717, 1.165) is 37.7 Å². The van der Waals surface area contributed by atoms with E-state index in [1.165, 1.54) is 5.57 Å². The van der Waals surface area contributed by atoms with Crippen LogP contribution in [0.4, 0.5) is 0 Å². The molecule has 204 valence electrons. The Morgan fingerprint density at radius 1 is 1.16 bits per heavy atom. The van der Waals surface area contributed by atoms with Gasteiger partial charge in [0, 0.05) is 0 Å². The van der Waals surface area contributed by atoms with Gasteiger partial charge in [0.15, 0.2) is 0 Å². The van der Waals surface area contributed by atoms with Crippen LogP contribution in [0.1, 0.15) is 65.2 Å². The van der Waals surface area contributed by atoms with E-state index in [4.69, 9.17) is 9.47 Å². The molecule has 3 heterocycles. The third-order valence-corrected chi connectivity index (χ3v) is 8.11. The highest BCUT2D eigenvalue weighted by Crippen LogP contribution is 2.46. The minimum Gasteiger partial charge on any atom is -0.392 e. The Labute approximate surface area is 222 Å². The fraction of sp³-hybridized carbons (Fsp3) is 0.645. The molecule has 1 fully saturated rings. The van der Waals surface area contributed by atoms with E-state index >= 15 is 0 Å². The lowest BCUT2D eigenvalue weighted by atomic mass is 9.90. The van der Waals surface area contributed by atoms with Gasteiger partial charge in [0.1, 0.15) is 0 Å². The lowest BCUT2D eigenvalue weighted by molar-refractivity contribution is -0.117. The number of carbonyl (C=O) groups is 1. The highest BCUT2D eigenvalue weighted by Gasteiger charge is 2.44. The zero-order valence-corrected chi connectivity index (χ0v) is 22.4. The molecule has 1 saturated carbocycles. The fourth-order valence-electron chi connectivity index (χ4n) is 6.00. The van der Waals surface area contributed by atoms with Gasteiger partial charge in [0.05, 0.1) is 43.2 Å². The molecule has 1 unspecified atom stereocenters. The van der Waals surface area contributed by atoms with Crippen molar-refractivity contribution in [3.63, 3.8) is 0 Å². The second-order valence-corrected chi connectivity index (χ2v) is 11.7. The number of hydrogen-bond acceptors (Lipinski definition) is 5. The number of hydrogen-bond donors (Lipinski definition) is 3. The van der Waals surface area contributed by atoms with Crippen LogP contribution in [0.25, 0.3) is 0 Å². The molecule has 1 amide bonds. The van der Waals surface area contributed by atoms with E-state index in [0.29, 0.717) is 31.8 Å². The summed E-state index contributed by atoms with van der Waals surface area (Å²) in [6, 6.07) is -0.437. The molecule has 3 N–H and O–H groups in total. The van der Waals surface area contributed by atoms with Crippen molar-refractivity contribution in [1.82, 2.24) is 5.32 Å². The van der Waals surface area contributed by atoms with Crippen LogP contribution in [0.15, 0.2) is 60.3 Å². The van der Waals surface area contributed by atoms with Crippen LogP contribution in [0.3, 0.4) is 0 Å². The number of fused-ring (bicyclic) bond motifs is 3. The van der Waals surface area contributed by atoms with E-state index in [1.807, 2.05) is 12.2 Å². The van der Waals surface area contributed by atoms with Crippen molar-refractivity contribution >= 4 is 5.91 Å². The Bertz CT molecular complexity index is 921. The molecule has 0 radical (unpaired) electrons. The monoisotopic (exact) mass is 511 g/mol. The third-order valence-electron chi connectivity index (χ3n) is 8.11. The summed E-state index contributed by atoms with van der Waals surface area (Å²) >= 11 is 0. The molecule has 3 aliphatic heterocycles. The normalized spacial score (nSPS) is 39.6. The van der Waals surface area contributed by atoms with Crippen LogP contribution in [0, 0.1) is 17.8 Å². The molecular weight excluding hydrogens is 466 g/mol. The SMILES string of the molecule is C=C1C[C@H](C)C[C@@H]2CC=C[C@@H](C/C=C\C(=O)N[C@H]([C@@H](O)/C=C/[C@@H]3CC(C)=CCO3)C[C@H]3CC3[C@@H](O)C1)O2. The Morgan fingerprint density at radius 2 is 2.00 bits per heavy atom. The van der Waals surface area contributed by atoms with Crippen molar-refractivity contribution in [2.75, 3.05) is 6.61 Å². The standard InChI is InChI=1S/C31H45NO5/c1-20-12-13-36-25(15-20)10-11-29(33)28-19-23-18-27(23)30(34)17-22(3)14-21(2)16-26-8-4-6-24(37-26)7-5-9-31(35)32-28/h4-6,9-12,21,23-30,33-34H,3,7-8,13-19H2,1-2H3,(H,32,35)/b9-5-,11-10+/t21-,23+,24-,25+,26-,27?,28-,29-,30-/m0/s1. The first-order chi connectivity index (χ1) is 17.8. The number of amides is 1. The summed E-state index contributed by atoms with van der Waals surface area (Å²) in [4.78, 5) is 12.8. The van der Waals surface area contributed by atoms with Gasteiger partial charge >= 0.3 is 0 Å². The number of nitrogens with one attached hydrogen (secondary N) is 1. The largest absolute Gasteiger partial charge is 0.392 e. The molecule has 2 bridgehead atoms. The molecule has 0 aromatic rings. The van der Waals surface area contributed by atoms with Crippen LogP contribution in [0.2, 0.25) is 0 Å². The van der Waals surface area contributed by atoms with Crippen LogP contribution in [-0.2, 0) is 14.3 Å². The number of carbonyl (C=O) groups excluding carboxylic acids is 1. The highest BCUT2D eigenvalue weighted by atomic mass is 16.5. The second kappa shape index (κ2) is 13.2. The van der Waals surface area contributed by atoms with Gasteiger partial charge in [0.25, 0.3) is 0 Å². The van der Waals surface area contributed by atoms with Crippen molar-refractivity contribution in [2.24, 2.45) is 17.8 Å². The summed E-state index contributed by atoms with van der Waals surface area (Å²) in [7, 11) is 0. The van der Waals surface area contributed by atoms with E-state index in [2.05, 4.69) is 44.0 Å². The molecular formula is C31H45NO5. The molecule has 0 saturated heterocycles. The average Bonchev–Trinajstić information content (AvgIpc) is 3.61. The zero-order valence-electron chi connectivity index (χ0n) is 22.4. The lowest BCUT2D eigenvalue weighted by Crippen LogP contribution is -2.42. The molecule has 4 rings (SSSR count). The van der Waals surface area contributed by atoms with Gasteiger partial charge in [-0.1, -0.05) is 61.1 Å². The quantitative estimate of drug-likeness (QED) is 0.484. The number of aliphatic hydroxyl groups is 2. The maximum Gasteiger partial charge on any atom is 0.243 e. The van der Waals surface area contributed by atoms with E-state index < -0.39 is 18.2 Å². The van der Waals surface area contributed by atoms with E-state index in [-0.39, 0.29) is 36.1 Å². The van der Waals surface area contributed by atoms with Crippen LogP contribution in [-0.4, -0.2) is 59.3 Å². The van der Waals surface area contributed by atoms with Crippen molar-refractivity contribution in [1.29, 1.82) is 0 Å². The van der Waals surface area contributed by atoms with Gasteiger partial charge in [-0.3, -0.25) is 4.79 Å². The molecule has 1 aliphatic carbocycles. The lowest BCUT2D eigenvalue weighted by Gasteiger charge is -2.28. The van der Waals surface area contributed by atoms with Crippen molar-refractivity contribution in [2.45, 2.75) is 102 Å². The predicted octanol–water partition coefficient (Wildman–Crippen LogP) is 4.55. The summed E-state index contributed by atoms with van der Waals surface area (Å²) in [5.41, 5.74) is 2.36. The molecule has 0 spiro atoms. The average molecular weight is 512 g/mol. The number of aliphatic hydroxyl groups excluding tert-OH is 2. The Morgan fingerprint density at radius 3 is 2.81 bits per heavy atom. The van der Waals surface area contributed by atoms with Crippen LogP contribution in [0.5, 0.6) is 0 Å². The predicted molar refractivity (Wildman–Crippen MR) is 146 cm³/mol. The molecule has 9 atom stereocenters. The molecule has 0 aromatic heterocycles. The summed E-state index contributed by atoms with van der Waals surface area (Å²) in [5.74, 6) is 0.665. The summed E-state index contributed by atoms with van der Waals surface area (Å²) < 4.78 is 12.0. The van der Waals surface area contributed by atoms with Gasteiger partial charge in [-0.15, -0.1) is 0 Å². The van der Waals surface area contributed by atoms with Crippen LogP contribution >= 0.6 is 0 Å². The maximum absolute atomic E-state index is 12.8. The van der Waals surface area contributed by atoms with Crippen molar-refractivity contribution < 1.29 is 24.5 Å². The summed E-state index contributed by atoms with van der Waals surface area (Å²) in [5, 5.41) is 24.9. The topological polar surface area (TPSA) is 88.0 Å². The number of rotatable bonds is 3. The zero-order chi connectivity index (χ0) is 26.4. The smallest absolute Gasteiger partial charge is 0.243 e. The fourth-order valence-corrected chi connectivity index (χ4v) is 6.00. The molecule has 37 heavy (non-hydrogen) atoms. The summed E-state index contributed by atoms with van der Waals surface area (Å²) in [6.07, 6.45) is 18.5. The second-order valence-electron chi connectivity index (χ2n) is 11.7. The molecule has 6 heteroatoms. The van der Waals surface area contributed by atoms with Gasteiger partial charge < -0.3 is 25.0 Å².